The Morgan fingerprint density at radius 1 is 1.31 bits per heavy atom. The van der Waals surface area contributed by atoms with Crippen LogP contribution >= 0.6 is 0 Å². The molecule has 1 rings (SSSR count). The first-order chi connectivity index (χ1) is 6.00. The average molecular weight is 181 g/mol. The minimum atomic E-state index is -1.10. The highest BCUT2D eigenvalue weighted by Gasteiger charge is 2.06. The summed E-state index contributed by atoms with van der Waals surface area (Å²) in [5.74, 6) is 0.144. The first-order valence-electron chi connectivity index (χ1n) is 3.81. The van der Waals surface area contributed by atoms with E-state index >= 15 is 0 Å². The van der Waals surface area contributed by atoms with E-state index in [1.165, 1.54) is 12.1 Å². The van der Waals surface area contributed by atoms with Gasteiger partial charge >= 0.3 is 6.09 Å². The Bertz CT molecular complexity index is 324. The Kier molecular flexibility index (Phi) is 2.41. The first kappa shape index (κ1) is 9.38. The molecule has 3 N–H and O–H groups in total. The maximum atomic E-state index is 10.4. The number of aryl methyl sites for hydroxylation is 2. The molecule has 70 valence electrons. The second kappa shape index (κ2) is 3.35. The van der Waals surface area contributed by atoms with Crippen molar-refractivity contribution in [1.29, 1.82) is 0 Å². The van der Waals surface area contributed by atoms with E-state index in [-0.39, 0.29) is 5.75 Å². The number of carbonyl (C=O) groups is 1. The van der Waals surface area contributed by atoms with Gasteiger partial charge in [0.25, 0.3) is 0 Å². The number of amides is 1. The minimum absolute atomic E-state index is 0.144. The van der Waals surface area contributed by atoms with Crippen molar-refractivity contribution < 1.29 is 15.0 Å². The van der Waals surface area contributed by atoms with E-state index in [9.17, 15) is 9.90 Å². The maximum Gasteiger partial charge on any atom is 0.409 e. The van der Waals surface area contributed by atoms with Gasteiger partial charge in [-0.2, -0.15) is 0 Å². The highest BCUT2D eigenvalue weighted by atomic mass is 16.4. The van der Waals surface area contributed by atoms with Crippen molar-refractivity contribution in [2.75, 3.05) is 5.32 Å². The van der Waals surface area contributed by atoms with Gasteiger partial charge < -0.3 is 10.2 Å². The Hall–Kier alpha value is -1.71. The standard InChI is InChI=1S/C9H11NO3/c1-5-3-7(11)4-6(2)8(5)10-9(12)13/h3-4,10-11H,1-2H3,(H,12,13). The topological polar surface area (TPSA) is 69.6 Å². The highest BCUT2D eigenvalue weighted by Crippen LogP contribution is 2.25. The Morgan fingerprint density at radius 2 is 1.77 bits per heavy atom. The van der Waals surface area contributed by atoms with Crippen LogP contribution in [0.15, 0.2) is 12.1 Å². The molecular weight excluding hydrogens is 170 g/mol. The molecule has 0 aliphatic rings. The summed E-state index contributed by atoms with van der Waals surface area (Å²) in [4.78, 5) is 10.4. The second-order valence-electron chi connectivity index (χ2n) is 2.88. The molecule has 1 amide bonds. The fraction of sp³-hybridized carbons (Fsp3) is 0.222. The summed E-state index contributed by atoms with van der Waals surface area (Å²) < 4.78 is 0. The van der Waals surface area contributed by atoms with E-state index in [0.29, 0.717) is 16.8 Å². The van der Waals surface area contributed by atoms with Gasteiger partial charge in [-0.25, -0.2) is 4.79 Å². The summed E-state index contributed by atoms with van der Waals surface area (Å²) in [6, 6.07) is 3.02. The van der Waals surface area contributed by atoms with Crippen molar-refractivity contribution in [3.63, 3.8) is 0 Å². The number of hydrogen-bond donors (Lipinski definition) is 3. The molecule has 0 atom stereocenters. The summed E-state index contributed by atoms with van der Waals surface area (Å²) in [6.45, 7) is 3.47. The van der Waals surface area contributed by atoms with E-state index in [2.05, 4.69) is 5.32 Å². The van der Waals surface area contributed by atoms with Crippen molar-refractivity contribution >= 4 is 11.8 Å². The molecule has 0 aliphatic heterocycles. The monoisotopic (exact) mass is 181 g/mol. The lowest BCUT2D eigenvalue weighted by atomic mass is 10.1. The molecule has 1 aromatic rings. The summed E-state index contributed by atoms with van der Waals surface area (Å²) >= 11 is 0. The summed E-state index contributed by atoms with van der Waals surface area (Å²) in [5.41, 5.74) is 1.95. The molecule has 0 aliphatic carbocycles. The van der Waals surface area contributed by atoms with Gasteiger partial charge in [-0.05, 0) is 37.1 Å². The Balaban J connectivity index is 3.13. The van der Waals surface area contributed by atoms with Gasteiger partial charge in [-0.15, -0.1) is 0 Å². The SMILES string of the molecule is Cc1cc(O)cc(C)c1NC(=O)O. The lowest BCUT2D eigenvalue weighted by Gasteiger charge is -2.09. The third-order valence-electron chi connectivity index (χ3n) is 1.75. The number of phenols is 1. The fourth-order valence-corrected chi connectivity index (χ4v) is 1.24. The molecule has 0 bridgehead atoms. The second-order valence-corrected chi connectivity index (χ2v) is 2.88. The van der Waals surface area contributed by atoms with Gasteiger partial charge in [0.1, 0.15) is 5.75 Å². The van der Waals surface area contributed by atoms with Crippen LogP contribution in [0.1, 0.15) is 11.1 Å². The Morgan fingerprint density at radius 3 is 2.15 bits per heavy atom. The Labute approximate surface area is 75.8 Å². The lowest BCUT2D eigenvalue weighted by molar-refractivity contribution is 0.209. The number of carboxylic acid groups (broad SMARTS) is 1. The van der Waals surface area contributed by atoms with Crippen LogP contribution in [-0.2, 0) is 0 Å². The van der Waals surface area contributed by atoms with Crippen molar-refractivity contribution in [3.8, 4) is 5.75 Å². The van der Waals surface area contributed by atoms with Crippen molar-refractivity contribution in [3.05, 3.63) is 23.3 Å². The normalized spacial score (nSPS) is 9.69. The largest absolute Gasteiger partial charge is 0.508 e. The zero-order valence-corrected chi connectivity index (χ0v) is 7.46. The highest BCUT2D eigenvalue weighted by molar-refractivity contribution is 5.85. The third-order valence-corrected chi connectivity index (χ3v) is 1.75. The predicted molar refractivity (Wildman–Crippen MR) is 49.2 cm³/mol. The van der Waals surface area contributed by atoms with E-state index in [1.807, 2.05) is 0 Å². The zero-order valence-electron chi connectivity index (χ0n) is 7.46. The van der Waals surface area contributed by atoms with Crippen molar-refractivity contribution in [1.82, 2.24) is 0 Å². The number of rotatable bonds is 1. The molecule has 0 saturated heterocycles. The van der Waals surface area contributed by atoms with Crippen LogP contribution in [0.25, 0.3) is 0 Å². The van der Waals surface area contributed by atoms with Crippen LogP contribution in [0.5, 0.6) is 5.75 Å². The fourth-order valence-electron chi connectivity index (χ4n) is 1.24. The molecule has 0 aromatic heterocycles. The van der Waals surface area contributed by atoms with E-state index in [0.717, 1.165) is 0 Å². The number of anilines is 1. The molecule has 0 radical (unpaired) electrons. The molecule has 0 heterocycles. The number of phenolic OH excluding ortho intramolecular Hbond substituents is 1. The lowest BCUT2D eigenvalue weighted by Crippen LogP contribution is -2.09. The summed E-state index contributed by atoms with van der Waals surface area (Å²) in [7, 11) is 0. The molecule has 0 saturated carbocycles. The van der Waals surface area contributed by atoms with Crippen LogP contribution in [0.4, 0.5) is 10.5 Å². The molecule has 13 heavy (non-hydrogen) atoms. The maximum absolute atomic E-state index is 10.4. The van der Waals surface area contributed by atoms with Crippen LogP contribution in [0.2, 0.25) is 0 Å². The number of aromatic hydroxyl groups is 1. The van der Waals surface area contributed by atoms with Gasteiger partial charge in [0.2, 0.25) is 0 Å². The molecule has 0 fully saturated rings. The van der Waals surface area contributed by atoms with E-state index < -0.39 is 6.09 Å². The molecule has 0 spiro atoms. The van der Waals surface area contributed by atoms with Crippen molar-refractivity contribution in [2.24, 2.45) is 0 Å². The number of benzene rings is 1. The molecule has 4 heteroatoms. The molecule has 0 unspecified atom stereocenters. The van der Waals surface area contributed by atoms with Gasteiger partial charge in [0.15, 0.2) is 0 Å². The molecule has 1 aromatic carbocycles. The van der Waals surface area contributed by atoms with Crippen LogP contribution in [-0.4, -0.2) is 16.3 Å². The van der Waals surface area contributed by atoms with Gasteiger partial charge in [0.05, 0.1) is 5.69 Å². The summed E-state index contributed by atoms with van der Waals surface area (Å²) in [5, 5.41) is 20.0. The third kappa shape index (κ3) is 2.11. The van der Waals surface area contributed by atoms with Crippen LogP contribution in [0.3, 0.4) is 0 Å². The first-order valence-corrected chi connectivity index (χ1v) is 3.81. The quantitative estimate of drug-likeness (QED) is 0.581. The predicted octanol–water partition coefficient (Wildman–Crippen LogP) is 2.10. The summed E-state index contributed by atoms with van der Waals surface area (Å²) in [6.07, 6.45) is -1.10. The van der Waals surface area contributed by atoms with Gasteiger partial charge in [-0.3, -0.25) is 5.32 Å². The minimum Gasteiger partial charge on any atom is -0.508 e. The van der Waals surface area contributed by atoms with Crippen LogP contribution in [0, 0.1) is 13.8 Å². The average Bonchev–Trinajstić information content (AvgIpc) is 1.96. The van der Waals surface area contributed by atoms with E-state index in [4.69, 9.17) is 5.11 Å². The number of nitrogens with one attached hydrogen (secondary N) is 1. The van der Waals surface area contributed by atoms with Gasteiger partial charge in [-0.1, -0.05) is 0 Å². The van der Waals surface area contributed by atoms with E-state index in [1.54, 1.807) is 13.8 Å². The van der Waals surface area contributed by atoms with Crippen molar-refractivity contribution in [2.45, 2.75) is 13.8 Å². The van der Waals surface area contributed by atoms with Crippen LogP contribution < -0.4 is 5.32 Å². The zero-order chi connectivity index (χ0) is 10.0. The smallest absolute Gasteiger partial charge is 0.409 e. The molecule has 4 nitrogen and oxygen atoms in total. The molecular formula is C9H11NO3. The number of hydrogen-bond acceptors (Lipinski definition) is 2. The van der Waals surface area contributed by atoms with Gasteiger partial charge in [0, 0.05) is 0 Å².